The molecule has 0 unspecified atom stereocenters. The molecule has 0 aliphatic heterocycles. The van der Waals surface area contributed by atoms with Gasteiger partial charge in [0.15, 0.2) is 0 Å². The molecule has 0 radical (unpaired) electrons. The van der Waals surface area contributed by atoms with Crippen molar-refractivity contribution in [3.05, 3.63) is 169 Å². The van der Waals surface area contributed by atoms with Crippen LogP contribution in [0.25, 0.3) is 97.1 Å². The summed E-state index contributed by atoms with van der Waals surface area (Å²) in [4.78, 5) is 0. The number of hydrogen-bond donors (Lipinski definition) is 0. The maximum absolute atomic E-state index is 2.56. The zero-order chi connectivity index (χ0) is 38.2. The lowest BCUT2D eigenvalue weighted by molar-refractivity contribution is 0.332. The van der Waals surface area contributed by atoms with Gasteiger partial charge < -0.3 is 9.13 Å². The van der Waals surface area contributed by atoms with E-state index in [0.29, 0.717) is 0 Å². The maximum atomic E-state index is 2.56. The highest BCUT2D eigenvalue weighted by atomic mass is 32.1. The van der Waals surface area contributed by atoms with E-state index >= 15 is 0 Å². The van der Waals surface area contributed by atoms with E-state index in [1.165, 1.54) is 121 Å². The highest BCUT2D eigenvalue weighted by Crippen LogP contribution is 2.50. The van der Waals surface area contributed by atoms with Gasteiger partial charge in [0.25, 0.3) is 0 Å². The van der Waals surface area contributed by atoms with Gasteiger partial charge in [0.05, 0.1) is 22.1 Å². The Morgan fingerprint density at radius 3 is 1.84 bits per heavy atom. The van der Waals surface area contributed by atoms with Crippen molar-refractivity contribution in [3.8, 4) is 22.5 Å². The molecule has 0 N–H and O–H groups in total. The lowest BCUT2D eigenvalue weighted by Gasteiger charge is -2.42. The highest BCUT2D eigenvalue weighted by Gasteiger charge is 2.38. The van der Waals surface area contributed by atoms with E-state index in [2.05, 4.69) is 195 Å². The lowest BCUT2D eigenvalue weighted by atomic mass is 9.63. The van der Waals surface area contributed by atoms with Crippen LogP contribution in [0.4, 0.5) is 0 Å². The number of para-hydroxylation sites is 1. The molecule has 3 aromatic heterocycles. The van der Waals surface area contributed by atoms with Gasteiger partial charge in [0.1, 0.15) is 0 Å². The maximum Gasteiger partial charge on any atom is 0.0549 e. The number of hydrogen-bond acceptors (Lipinski definition) is 1. The van der Waals surface area contributed by atoms with Gasteiger partial charge >= 0.3 is 0 Å². The van der Waals surface area contributed by atoms with E-state index in [0.717, 1.165) is 0 Å². The van der Waals surface area contributed by atoms with Gasteiger partial charge in [-0.3, -0.25) is 0 Å². The summed E-state index contributed by atoms with van der Waals surface area (Å²) in [6, 6.07) is 59.4. The predicted octanol–water partition coefficient (Wildman–Crippen LogP) is 15.4. The Bertz CT molecular complexity index is 3440. The largest absolute Gasteiger partial charge is 0.309 e. The van der Waals surface area contributed by atoms with Crippen molar-refractivity contribution < 1.29 is 0 Å². The van der Waals surface area contributed by atoms with Crippen molar-refractivity contribution in [2.45, 2.75) is 51.4 Å². The third-order valence-corrected chi connectivity index (χ3v) is 14.6. The van der Waals surface area contributed by atoms with Crippen molar-refractivity contribution in [1.82, 2.24) is 9.13 Å². The van der Waals surface area contributed by atoms with Gasteiger partial charge in [-0.25, -0.2) is 0 Å². The van der Waals surface area contributed by atoms with Crippen LogP contribution in [0.15, 0.2) is 158 Å². The van der Waals surface area contributed by atoms with E-state index in [9.17, 15) is 0 Å². The zero-order valence-electron chi connectivity index (χ0n) is 32.7. The van der Waals surface area contributed by atoms with Crippen LogP contribution in [0.2, 0.25) is 0 Å². The van der Waals surface area contributed by atoms with Gasteiger partial charge in [-0.1, -0.05) is 125 Å². The summed E-state index contributed by atoms with van der Waals surface area (Å²) in [5.74, 6) is 0. The normalized spacial score (nSPS) is 15.2. The average molecular weight is 751 g/mol. The summed E-state index contributed by atoms with van der Waals surface area (Å²) in [5, 5.41) is 10.4. The van der Waals surface area contributed by atoms with Crippen LogP contribution < -0.4 is 0 Å². The van der Waals surface area contributed by atoms with Crippen LogP contribution in [0.1, 0.15) is 51.7 Å². The van der Waals surface area contributed by atoms with Crippen LogP contribution in [-0.2, 0) is 10.8 Å². The van der Waals surface area contributed by atoms with Gasteiger partial charge in [-0.2, -0.15) is 0 Å². The van der Waals surface area contributed by atoms with Crippen LogP contribution in [0.5, 0.6) is 0 Å². The molecule has 0 amide bonds. The molecule has 0 saturated carbocycles. The summed E-state index contributed by atoms with van der Waals surface area (Å²) in [7, 11) is 0. The Kier molecular flexibility index (Phi) is 6.77. The molecule has 8 aromatic carbocycles. The fraction of sp³-hybridized carbons (Fsp3) is 0.148. The van der Waals surface area contributed by atoms with Gasteiger partial charge in [-0.05, 0) is 117 Å². The van der Waals surface area contributed by atoms with Crippen LogP contribution >= 0.6 is 11.3 Å². The monoisotopic (exact) mass is 750 g/mol. The van der Waals surface area contributed by atoms with E-state index in [1.54, 1.807) is 0 Å². The first-order chi connectivity index (χ1) is 27.7. The van der Waals surface area contributed by atoms with Gasteiger partial charge in [0, 0.05) is 53.1 Å². The Labute approximate surface area is 336 Å². The highest BCUT2D eigenvalue weighted by molar-refractivity contribution is 7.26. The zero-order valence-corrected chi connectivity index (χ0v) is 33.5. The van der Waals surface area contributed by atoms with Gasteiger partial charge in [-0.15, -0.1) is 11.3 Å². The van der Waals surface area contributed by atoms with E-state index in [-0.39, 0.29) is 10.8 Å². The molecule has 1 aliphatic carbocycles. The van der Waals surface area contributed by atoms with Crippen molar-refractivity contribution in [2.24, 2.45) is 0 Å². The number of aromatic nitrogens is 2. The third kappa shape index (κ3) is 4.70. The second kappa shape index (κ2) is 11.7. The topological polar surface area (TPSA) is 9.86 Å². The minimum Gasteiger partial charge on any atom is -0.309 e. The first-order valence-electron chi connectivity index (χ1n) is 20.3. The second-order valence-corrected chi connectivity index (χ2v) is 18.6. The molecule has 0 saturated heterocycles. The Hall–Kier alpha value is -6.16. The Morgan fingerprint density at radius 2 is 1.04 bits per heavy atom. The molecule has 11 aromatic rings. The molecule has 3 heterocycles. The summed E-state index contributed by atoms with van der Waals surface area (Å²) in [6.45, 7) is 9.75. The van der Waals surface area contributed by atoms with Crippen molar-refractivity contribution >= 4 is 85.9 Å². The van der Waals surface area contributed by atoms with E-state index in [4.69, 9.17) is 0 Å². The fourth-order valence-electron chi connectivity index (χ4n) is 10.3. The van der Waals surface area contributed by atoms with Gasteiger partial charge in [0.2, 0.25) is 0 Å². The molecule has 274 valence electrons. The number of rotatable bonds is 3. The molecule has 0 spiro atoms. The minimum atomic E-state index is 0.111. The summed E-state index contributed by atoms with van der Waals surface area (Å²) >= 11 is 1.89. The number of nitrogens with zero attached hydrogens (tertiary/aromatic N) is 2. The molecule has 0 fully saturated rings. The molecule has 1 aliphatic rings. The molecular formula is C54H42N2S. The summed E-state index contributed by atoms with van der Waals surface area (Å²) in [6.07, 6.45) is 2.38. The van der Waals surface area contributed by atoms with Crippen molar-refractivity contribution in [1.29, 1.82) is 0 Å². The summed E-state index contributed by atoms with van der Waals surface area (Å²) < 4.78 is 7.72. The SMILES string of the molecule is CC1(C)CCC(C)(C)c2cc3c(cc21)c1cc2c(cc1n3-c1ccccc1)c1c3ccccc3ccc1n2-c1ccc(-c2cccc3c2sc2ccccc23)cc1. The van der Waals surface area contributed by atoms with Crippen LogP contribution in [0.3, 0.4) is 0 Å². The molecule has 0 atom stereocenters. The second-order valence-electron chi connectivity index (χ2n) is 17.6. The Balaban J connectivity index is 1.16. The summed E-state index contributed by atoms with van der Waals surface area (Å²) in [5.41, 5.74) is 13.1. The van der Waals surface area contributed by atoms with Crippen LogP contribution in [0, 0.1) is 0 Å². The number of thiophene rings is 1. The first kappa shape index (κ1) is 33.0. The molecular weight excluding hydrogens is 709 g/mol. The fourth-order valence-corrected chi connectivity index (χ4v) is 11.5. The molecule has 57 heavy (non-hydrogen) atoms. The first-order valence-corrected chi connectivity index (χ1v) is 21.1. The Morgan fingerprint density at radius 1 is 0.439 bits per heavy atom. The van der Waals surface area contributed by atoms with Crippen LogP contribution in [-0.4, -0.2) is 9.13 Å². The smallest absolute Gasteiger partial charge is 0.0549 e. The van der Waals surface area contributed by atoms with E-state index < -0.39 is 0 Å². The minimum absolute atomic E-state index is 0.111. The number of fused-ring (bicyclic) bond motifs is 12. The third-order valence-electron chi connectivity index (χ3n) is 13.4. The predicted molar refractivity (Wildman–Crippen MR) is 246 cm³/mol. The standard InChI is InChI=1S/C54H42N2S/c1-53(2)27-28-54(3,4)45-32-49-41(29-44(45)53)42-30-48-43(31-47(42)56(49)35-14-6-5-7-15-35)51-37-16-9-8-13-33(37)23-26-46(51)55(48)36-24-21-34(22-25-36)38-18-12-19-40-39-17-10-11-20-50(39)57-52(38)40/h5-26,29-32H,27-28H2,1-4H3. The lowest BCUT2D eigenvalue weighted by Crippen LogP contribution is -2.33. The quantitative estimate of drug-likeness (QED) is 0.170. The van der Waals surface area contributed by atoms with E-state index in [1.807, 2.05) is 11.3 Å². The molecule has 0 bridgehead atoms. The molecule has 3 heteroatoms. The van der Waals surface area contributed by atoms with Crippen molar-refractivity contribution in [2.75, 3.05) is 0 Å². The molecule has 2 nitrogen and oxygen atoms in total. The average Bonchev–Trinajstić information content (AvgIpc) is 3.89. The van der Waals surface area contributed by atoms with Crippen molar-refractivity contribution in [3.63, 3.8) is 0 Å². The molecule has 12 rings (SSSR count). The number of benzene rings is 8.